The van der Waals surface area contributed by atoms with Gasteiger partial charge in [0.05, 0.1) is 25.1 Å². The molecule has 2 aromatic heterocycles. The number of fused-ring (bicyclic) bond motifs is 1. The lowest BCUT2D eigenvalue weighted by Gasteiger charge is -2.44. The van der Waals surface area contributed by atoms with Crippen molar-refractivity contribution < 1.29 is 18.7 Å². The Morgan fingerprint density at radius 2 is 1.74 bits per heavy atom. The summed E-state index contributed by atoms with van der Waals surface area (Å²) in [6, 6.07) is 22.5. The third-order valence-electron chi connectivity index (χ3n) is 6.99. The van der Waals surface area contributed by atoms with Gasteiger partial charge in [-0.2, -0.15) is 0 Å². The van der Waals surface area contributed by atoms with E-state index < -0.39 is 5.54 Å². The van der Waals surface area contributed by atoms with E-state index in [0.717, 1.165) is 22.6 Å². The van der Waals surface area contributed by atoms with Crippen molar-refractivity contribution in [2.75, 3.05) is 13.2 Å². The predicted molar refractivity (Wildman–Crippen MR) is 146 cm³/mol. The van der Waals surface area contributed by atoms with Gasteiger partial charge in [-0.05, 0) is 79.9 Å². The second-order valence-electron chi connectivity index (χ2n) is 9.53. The third kappa shape index (κ3) is 5.07. The van der Waals surface area contributed by atoms with Crippen LogP contribution in [0, 0.1) is 0 Å². The van der Waals surface area contributed by atoms with Crippen molar-refractivity contribution in [2.45, 2.75) is 38.9 Å². The topological polar surface area (TPSA) is 76.7 Å². The highest BCUT2D eigenvalue weighted by Gasteiger charge is 2.47. The number of nitrogens with zero attached hydrogens (tertiary/aromatic N) is 2. The molecule has 0 fully saturated rings. The van der Waals surface area contributed by atoms with E-state index >= 15 is 0 Å². The number of furan rings is 1. The number of rotatable bonds is 9. The molecule has 3 heterocycles. The lowest BCUT2D eigenvalue weighted by Crippen LogP contribution is -2.64. The van der Waals surface area contributed by atoms with Crippen molar-refractivity contribution in [3.05, 3.63) is 101 Å². The molecule has 38 heavy (non-hydrogen) atoms. The number of aromatic nitrogens is 1. The summed E-state index contributed by atoms with van der Waals surface area (Å²) in [6.07, 6.45) is 2.20. The number of carbonyl (C=O) groups is 2. The highest BCUT2D eigenvalue weighted by atomic mass is 35.5. The lowest BCUT2D eigenvalue weighted by molar-refractivity contribution is -0.133. The number of halogens is 1. The molecule has 8 heteroatoms. The van der Waals surface area contributed by atoms with Gasteiger partial charge < -0.3 is 23.9 Å². The summed E-state index contributed by atoms with van der Waals surface area (Å²) in [4.78, 5) is 29.3. The molecule has 0 saturated heterocycles. The molecule has 1 atom stereocenters. The van der Waals surface area contributed by atoms with E-state index in [0.29, 0.717) is 49.1 Å². The first-order chi connectivity index (χ1) is 18.4. The monoisotopic (exact) mass is 531 g/mol. The molecular weight excluding hydrogens is 502 g/mol. The lowest BCUT2D eigenvalue weighted by atomic mass is 9.93. The minimum Gasteiger partial charge on any atom is -0.494 e. The standard InChI is InChI=1S/C30H30ClN3O4/c1-3-37-24-12-8-21(9-13-24)16-17-34-28(35)26-15-14-25(27-5-4-18-38-27)33(26)20-30(34,2)29(36)32-19-22-6-10-23(31)11-7-22/h4-15,18H,3,16-17,19-20H2,1-2H3,(H,32,36). The summed E-state index contributed by atoms with van der Waals surface area (Å²) in [5.74, 6) is 1.04. The Bertz CT molecular complexity index is 1410. The van der Waals surface area contributed by atoms with Gasteiger partial charge in [0.2, 0.25) is 5.91 Å². The fourth-order valence-corrected chi connectivity index (χ4v) is 5.02. The number of amides is 2. The van der Waals surface area contributed by atoms with Crippen molar-refractivity contribution in [3.8, 4) is 17.2 Å². The molecule has 7 nitrogen and oxygen atoms in total. The normalized spacial score (nSPS) is 16.8. The first-order valence-electron chi connectivity index (χ1n) is 12.7. The molecule has 0 saturated carbocycles. The first-order valence-corrected chi connectivity index (χ1v) is 13.1. The Hall–Kier alpha value is -3.97. The molecular formula is C30H30ClN3O4. The van der Waals surface area contributed by atoms with Crippen LogP contribution in [0.2, 0.25) is 5.02 Å². The first kappa shape index (κ1) is 25.7. The fourth-order valence-electron chi connectivity index (χ4n) is 4.90. The van der Waals surface area contributed by atoms with Crippen LogP contribution >= 0.6 is 11.6 Å². The molecule has 1 unspecified atom stereocenters. The van der Waals surface area contributed by atoms with Crippen LogP contribution in [0.1, 0.15) is 35.5 Å². The molecule has 2 aromatic carbocycles. The van der Waals surface area contributed by atoms with Gasteiger partial charge in [-0.15, -0.1) is 0 Å². The molecule has 1 N–H and O–H groups in total. The fraction of sp³-hybridized carbons (Fsp3) is 0.267. The highest BCUT2D eigenvalue weighted by molar-refractivity contribution is 6.30. The minimum atomic E-state index is -1.12. The molecule has 5 rings (SSSR count). The second kappa shape index (κ2) is 10.8. The Labute approximate surface area is 227 Å². The van der Waals surface area contributed by atoms with Crippen molar-refractivity contribution in [3.63, 3.8) is 0 Å². The van der Waals surface area contributed by atoms with E-state index in [1.165, 1.54) is 0 Å². The van der Waals surface area contributed by atoms with Crippen LogP contribution < -0.4 is 10.1 Å². The maximum absolute atomic E-state index is 13.9. The Kier molecular flexibility index (Phi) is 7.29. The van der Waals surface area contributed by atoms with Crippen LogP contribution in [0.3, 0.4) is 0 Å². The van der Waals surface area contributed by atoms with E-state index in [2.05, 4.69) is 5.32 Å². The molecule has 1 aliphatic rings. The second-order valence-corrected chi connectivity index (χ2v) is 9.97. The van der Waals surface area contributed by atoms with E-state index in [4.69, 9.17) is 20.8 Å². The van der Waals surface area contributed by atoms with Crippen molar-refractivity contribution in [1.29, 1.82) is 0 Å². The van der Waals surface area contributed by atoms with Crippen LogP contribution in [-0.4, -0.2) is 40.0 Å². The summed E-state index contributed by atoms with van der Waals surface area (Å²) in [6.45, 7) is 5.39. The van der Waals surface area contributed by atoms with E-state index in [-0.39, 0.29) is 11.8 Å². The van der Waals surface area contributed by atoms with Gasteiger partial charge >= 0.3 is 0 Å². The zero-order valence-corrected chi connectivity index (χ0v) is 22.2. The smallest absolute Gasteiger partial charge is 0.271 e. The predicted octanol–water partition coefficient (Wildman–Crippen LogP) is 5.57. The molecule has 0 spiro atoms. The van der Waals surface area contributed by atoms with Gasteiger partial charge in [-0.1, -0.05) is 35.9 Å². The molecule has 0 aliphatic carbocycles. The van der Waals surface area contributed by atoms with Crippen LogP contribution in [0.4, 0.5) is 0 Å². The number of hydrogen-bond donors (Lipinski definition) is 1. The SMILES string of the molecule is CCOc1ccc(CCN2C(=O)c3ccc(-c4ccco4)n3CC2(C)C(=O)NCc2ccc(Cl)cc2)cc1. The average Bonchev–Trinajstić information content (AvgIpc) is 3.59. The van der Waals surface area contributed by atoms with Gasteiger partial charge in [0.15, 0.2) is 0 Å². The van der Waals surface area contributed by atoms with Crippen LogP contribution in [0.15, 0.2) is 83.5 Å². The van der Waals surface area contributed by atoms with Crippen molar-refractivity contribution in [1.82, 2.24) is 14.8 Å². The number of ether oxygens (including phenoxy) is 1. The zero-order valence-electron chi connectivity index (χ0n) is 21.4. The molecule has 2 amide bonds. The van der Waals surface area contributed by atoms with Gasteiger partial charge in [0, 0.05) is 18.1 Å². The van der Waals surface area contributed by atoms with Crippen molar-refractivity contribution in [2.24, 2.45) is 0 Å². The maximum atomic E-state index is 13.9. The Morgan fingerprint density at radius 3 is 2.42 bits per heavy atom. The van der Waals surface area contributed by atoms with E-state index in [9.17, 15) is 9.59 Å². The Morgan fingerprint density at radius 1 is 1.03 bits per heavy atom. The molecule has 0 bridgehead atoms. The average molecular weight is 532 g/mol. The summed E-state index contributed by atoms with van der Waals surface area (Å²) >= 11 is 6.01. The summed E-state index contributed by atoms with van der Waals surface area (Å²) < 4.78 is 13.0. The van der Waals surface area contributed by atoms with Crippen molar-refractivity contribution >= 4 is 23.4 Å². The molecule has 1 aliphatic heterocycles. The summed E-state index contributed by atoms with van der Waals surface area (Å²) in [5.41, 5.74) is 2.16. The highest BCUT2D eigenvalue weighted by Crippen LogP contribution is 2.33. The molecule has 4 aromatic rings. The zero-order chi connectivity index (χ0) is 26.7. The van der Waals surface area contributed by atoms with Crippen LogP contribution in [0.25, 0.3) is 11.5 Å². The number of hydrogen-bond acceptors (Lipinski definition) is 4. The van der Waals surface area contributed by atoms with E-state index in [1.54, 1.807) is 35.4 Å². The van der Waals surface area contributed by atoms with Crippen LogP contribution in [-0.2, 0) is 24.3 Å². The summed E-state index contributed by atoms with van der Waals surface area (Å²) in [7, 11) is 0. The van der Waals surface area contributed by atoms with Gasteiger partial charge in [0.1, 0.15) is 22.7 Å². The number of carbonyl (C=O) groups excluding carboxylic acids is 2. The Balaban J connectivity index is 1.42. The minimum absolute atomic E-state index is 0.191. The van der Waals surface area contributed by atoms with Crippen LogP contribution in [0.5, 0.6) is 5.75 Å². The maximum Gasteiger partial charge on any atom is 0.271 e. The van der Waals surface area contributed by atoms with Gasteiger partial charge in [0.25, 0.3) is 5.91 Å². The number of nitrogens with one attached hydrogen (secondary N) is 1. The molecule has 196 valence electrons. The van der Waals surface area contributed by atoms with Gasteiger partial charge in [-0.3, -0.25) is 9.59 Å². The third-order valence-corrected chi connectivity index (χ3v) is 7.25. The van der Waals surface area contributed by atoms with E-state index in [1.807, 2.05) is 66.9 Å². The number of benzene rings is 2. The quantitative estimate of drug-likeness (QED) is 0.306. The molecule has 0 radical (unpaired) electrons. The van der Waals surface area contributed by atoms with Gasteiger partial charge in [-0.25, -0.2) is 0 Å². The summed E-state index contributed by atoms with van der Waals surface area (Å²) in [5, 5.41) is 3.68. The largest absolute Gasteiger partial charge is 0.494 e.